The van der Waals surface area contributed by atoms with Crippen molar-refractivity contribution in [2.75, 3.05) is 7.05 Å². The van der Waals surface area contributed by atoms with Crippen LogP contribution in [-0.4, -0.2) is 13.2 Å². The third-order valence-electron chi connectivity index (χ3n) is 3.18. The molecule has 0 saturated carbocycles. The maximum atomic E-state index is 5.61. The Morgan fingerprint density at radius 1 is 1.07 bits per heavy atom. The van der Waals surface area contributed by atoms with Gasteiger partial charge in [-0.3, -0.25) is 4.84 Å². The summed E-state index contributed by atoms with van der Waals surface area (Å²) in [6, 6.07) is 0. The second-order valence-corrected chi connectivity index (χ2v) is 4.19. The molecule has 0 aromatic carbocycles. The maximum absolute atomic E-state index is 5.61. The molecule has 2 atom stereocenters. The van der Waals surface area contributed by atoms with Gasteiger partial charge in [0.25, 0.3) is 0 Å². The molecule has 2 heteroatoms. The van der Waals surface area contributed by atoms with Gasteiger partial charge in [-0.2, -0.15) is 0 Å². The lowest BCUT2D eigenvalue weighted by atomic mass is 9.89. The molecule has 0 aliphatic carbocycles. The highest BCUT2D eigenvalue weighted by Gasteiger charge is 2.20. The SMILES string of the molecule is CCC(C)CC(ONC)C(CC)CC. The zero-order chi connectivity index (χ0) is 11.0. The Kier molecular flexibility index (Phi) is 8.20. The maximum Gasteiger partial charge on any atom is 0.0820 e. The Balaban J connectivity index is 4.10. The zero-order valence-corrected chi connectivity index (χ0v) is 10.5. The molecule has 14 heavy (non-hydrogen) atoms. The van der Waals surface area contributed by atoms with Gasteiger partial charge >= 0.3 is 0 Å². The highest BCUT2D eigenvalue weighted by atomic mass is 16.7. The third-order valence-corrected chi connectivity index (χ3v) is 3.18. The van der Waals surface area contributed by atoms with E-state index in [2.05, 4.69) is 33.2 Å². The minimum atomic E-state index is 0.380. The van der Waals surface area contributed by atoms with E-state index < -0.39 is 0 Å². The van der Waals surface area contributed by atoms with Crippen molar-refractivity contribution in [3.8, 4) is 0 Å². The Bertz CT molecular complexity index is 123. The Hall–Kier alpha value is -0.0800. The van der Waals surface area contributed by atoms with Crippen LogP contribution in [0.3, 0.4) is 0 Å². The fourth-order valence-electron chi connectivity index (χ4n) is 1.87. The second-order valence-electron chi connectivity index (χ2n) is 4.19. The van der Waals surface area contributed by atoms with Crippen LogP contribution >= 0.6 is 0 Å². The van der Waals surface area contributed by atoms with Gasteiger partial charge in [0, 0.05) is 7.05 Å². The number of rotatable bonds is 8. The smallest absolute Gasteiger partial charge is 0.0820 e. The Morgan fingerprint density at radius 3 is 2.00 bits per heavy atom. The van der Waals surface area contributed by atoms with Gasteiger partial charge in [-0.15, -0.1) is 0 Å². The molecule has 0 aliphatic heterocycles. The lowest BCUT2D eigenvalue weighted by Crippen LogP contribution is -2.30. The topological polar surface area (TPSA) is 21.3 Å². The molecule has 0 bridgehead atoms. The Labute approximate surface area is 89.4 Å². The number of hydrogen-bond acceptors (Lipinski definition) is 2. The molecule has 1 N–H and O–H groups in total. The lowest BCUT2D eigenvalue weighted by molar-refractivity contribution is -0.0571. The van der Waals surface area contributed by atoms with E-state index in [0.29, 0.717) is 12.0 Å². The molecule has 0 amide bonds. The summed E-state index contributed by atoms with van der Waals surface area (Å²) >= 11 is 0. The minimum absolute atomic E-state index is 0.380. The van der Waals surface area contributed by atoms with E-state index in [0.717, 1.165) is 5.92 Å². The lowest BCUT2D eigenvalue weighted by Gasteiger charge is -2.26. The fourth-order valence-corrected chi connectivity index (χ4v) is 1.87. The zero-order valence-electron chi connectivity index (χ0n) is 10.5. The molecule has 2 nitrogen and oxygen atoms in total. The summed E-state index contributed by atoms with van der Waals surface area (Å²) in [4.78, 5) is 5.61. The van der Waals surface area contributed by atoms with E-state index in [4.69, 9.17) is 4.84 Å². The van der Waals surface area contributed by atoms with Gasteiger partial charge in [0.2, 0.25) is 0 Å². The van der Waals surface area contributed by atoms with E-state index in [1.165, 1.54) is 25.7 Å². The van der Waals surface area contributed by atoms with Crippen molar-refractivity contribution in [3.05, 3.63) is 0 Å². The van der Waals surface area contributed by atoms with Crippen molar-refractivity contribution in [1.82, 2.24) is 5.48 Å². The summed E-state index contributed by atoms with van der Waals surface area (Å²) in [5.41, 5.74) is 2.85. The van der Waals surface area contributed by atoms with Gasteiger partial charge in [-0.25, -0.2) is 5.48 Å². The molecule has 0 rings (SSSR count). The van der Waals surface area contributed by atoms with Crippen molar-refractivity contribution in [2.45, 2.75) is 59.5 Å². The molecular weight excluding hydrogens is 174 g/mol. The normalized spacial score (nSPS) is 15.9. The average molecular weight is 201 g/mol. The molecule has 0 heterocycles. The van der Waals surface area contributed by atoms with Gasteiger partial charge in [-0.05, 0) is 18.3 Å². The van der Waals surface area contributed by atoms with Crippen molar-refractivity contribution < 1.29 is 4.84 Å². The van der Waals surface area contributed by atoms with Gasteiger partial charge in [0.15, 0.2) is 0 Å². The van der Waals surface area contributed by atoms with Gasteiger partial charge in [0.1, 0.15) is 0 Å². The Morgan fingerprint density at radius 2 is 1.64 bits per heavy atom. The first-order chi connectivity index (χ1) is 6.69. The summed E-state index contributed by atoms with van der Waals surface area (Å²) in [6.45, 7) is 9.04. The van der Waals surface area contributed by atoms with Crippen molar-refractivity contribution in [1.29, 1.82) is 0 Å². The van der Waals surface area contributed by atoms with Crippen LogP contribution in [0.4, 0.5) is 0 Å². The standard InChI is InChI=1S/C12H27NO/c1-6-10(4)9-12(14-13-5)11(7-2)8-3/h10-13H,6-9H2,1-5H3. The summed E-state index contributed by atoms with van der Waals surface area (Å²) in [5, 5.41) is 0. The first kappa shape index (κ1) is 13.9. The van der Waals surface area contributed by atoms with Gasteiger partial charge in [0.05, 0.1) is 6.10 Å². The minimum Gasteiger partial charge on any atom is -0.298 e. The predicted octanol–water partition coefficient (Wildman–Crippen LogP) is 3.38. The molecule has 0 radical (unpaired) electrons. The predicted molar refractivity (Wildman–Crippen MR) is 62.1 cm³/mol. The third kappa shape index (κ3) is 4.97. The summed E-state index contributed by atoms with van der Waals surface area (Å²) in [7, 11) is 1.85. The van der Waals surface area contributed by atoms with Gasteiger partial charge in [-0.1, -0.05) is 47.0 Å². The van der Waals surface area contributed by atoms with E-state index in [1.54, 1.807) is 0 Å². The van der Waals surface area contributed by atoms with E-state index in [9.17, 15) is 0 Å². The molecule has 0 saturated heterocycles. The van der Waals surface area contributed by atoms with E-state index >= 15 is 0 Å². The van der Waals surface area contributed by atoms with Crippen molar-refractivity contribution in [2.24, 2.45) is 11.8 Å². The molecule has 86 valence electrons. The van der Waals surface area contributed by atoms with E-state index in [1.807, 2.05) is 7.05 Å². The molecule has 0 aromatic rings. The number of hydroxylamine groups is 1. The molecule has 0 aromatic heterocycles. The van der Waals surface area contributed by atoms with Crippen molar-refractivity contribution in [3.63, 3.8) is 0 Å². The molecule has 0 fully saturated rings. The quantitative estimate of drug-likeness (QED) is 0.608. The first-order valence-electron chi connectivity index (χ1n) is 6.01. The van der Waals surface area contributed by atoms with Crippen LogP contribution in [0.15, 0.2) is 0 Å². The van der Waals surface area contributed by atoms with E-state index in [-0.39, 0.29) is 0 Å². The van der Waals surface area contributed by atoms with Crippen LogP contribution in [0, 0.1) is 11.8 Å². The molecule has 0 aliphatic rings. The molecule has 2 unspecified atom stereocenters. The van der Waals surface area contributed by atoms with Gasteiger partial charge < -0.3 is 0 Å². The largest absolute Gasteiger partial charge is 0.298 e. The van der Waals surface area contributed by atoms with Crippen LogP contribution in [0.5, 0.6) is 0 Å². The molecule has 0 spiro atoms. The number of hydrogen-bond donors (Lipinski definition) is 1. The summed E-state index contributed by atoms with van der Waals surface area (Å²) in [6.07, 6.45) is 5.20. The monoisotopic (exact) mass is 201 g/mol. The highest BCUT2D eigenvalue weighted by Crippen LogP contribution is 2.23. The van der Waals surface area contributed by atoms with Crippen LogP contribution < -0.4 is 5.48 Å². The van der Waals surface area contributed by atoms with Crippen LogP contribution in [0.25, 0.3) is 0 Å². The van der Waals surface area contributed by atoms with Crippen LogP contribution in [0.1, 0.15) is 53.4 Å². The molecular formula is C12H27NO. The van der Waals surface area contributed by atoms with Crippen molar-refractivity contribution >= 4 is 0 Å². The van der Waals surface area contributed by atoms with Crippen LogP contribution in [0.2, 0.25) is 0 Å². The number of nitrogens with one attached hydrogen (secondary N) is 1. The first-order valence-corrected chi connectivity index (χ1v) is 6.01. The average Bonchev–Trinajstić information content (AvgIpc) is 2.19. The van der Waals surface area contributed by atoms with Crippen LogP contribution in [-0.2, 0) is 4.84 Å². The summed E-state index contributed by atoms with van der Waals surface area (Å²) in [5.74, 6) is 1.45. The highest BCUT2D eigenvalue weighted by molar-refractivity contribution is 4.70. The second kappa shape index (κ2) is 8.25. The summed E-state index contributed by atoms with van der Waals surface area (Å²) < 4.78 is 0. The fraction of sp³-hybridized carbons (Fsp3) is 1.00.